The number of nitrogens with zero attached hydrogens (tertiary/aromatic N) is 1. The van der Waals surface area contributed by atoms with Crippen LogP contribution < -0.4 is 9.47 Å². The van der Waals surface area contributed by atoms with Gasteiger partial charge in [-0.05, 0) is 42.2 Å². The molecule has 1 heterocycles. The molecule has 2 aromatic carbocycles. The number of allylic oxidation sites excluding steroid dienone is 1. The van der Waals surface area contributed by atoms with Crippen molar-refractivity contribution in [2.75, 3.05) is 7.11 Å². The van der Waals surface area contributed by atoms with Crippen molar-refractivity contribution < 1.29 is 14.3 Å². The fourth-order valence-corrected chi connectivity index (χ4v) is 3.16. The largest absolute Gasteiger partial charge is 0.493 e. The molecule has 0 aliphatic carbocycles. The third-order valence-corrected chi connectivity index (χ3v) is 4.78. The smallest absolute Gasteiger partial charge is 0.161 e. The Morgan fingerprint density at radius 1 is 1.07 bits per heavy atom. The van der Waals surface area contributed by atoms with E-state index in [4.69, 9.17) is 14.3 Å². The molecule has 4 heteroatoms. The molecule has 0 fully saturated rings. The van der Waals surface area contributed by atoms with E-state index in [0.29, 0.717) is 6.61 Å². The van der Waals surface area contributed by atoms with E-state index < -0.39 is 0 Å². The predicted octanol–water partition coefficient (Wildman–Crippen LogP) is 6.01. The second-order valence-electron chi connectivity index (χ2n) is 7.03. The maximum atomic E-state index is 5.91. The summed E-state index contributed by atoms with van der Waals surface area (Å²) in [6, 6.07) is 16.1. The zero-order valence-electron chi connectivity index (χ0n) is 16.8. The van der Waals surface area contributed by atoms with Gasteiger partial charge in [-0.15, -0.1) is 0 Å². The fraction of sp³-hybridized carbons (Fsp3) is 0.375. The maximum Gasteiger partial charge on any atom is 0.161 e. The molecule has 0 N–H and O–H groups in total. The van der Waals surface area contributed by atoms with E-state index in [0.717, 1.165) is 41.2 Å². The zero-order chi connectivity index (χ0) is 19.6. The molecule has 0 spiro atoms. The van der Waals surface area contributed by atoms with Crippen LogP contribution in [0.4, 0.5) is 0 Å². The molecule has 0 aromatic heterocycles. The summed E-state index contributed by atoms with van der Waals surface area (Å²) in [5.41, 5.74) is 3.16. The van der Waals surface area contributed by atoms with Gasteiger partial charge in [-0.25, -0.2) is 0 Å². The van der Waals surface area contributed by atoms with Gasteiger partial charge in [0.1, 0.15) is 12.7 Å². The van der Waals surface area contributed by atoms with Crippen molar-refractivity contribution in [1.82, 2.24) is 0 Å². The normalized spacial score (nSPS) is 16.1. The Balaban J connectivity index is 1.55. The SMILES string of the molecule is CCCCCC1CC(/C=C/c2ccc(OCc3ccccc3)c(OC)c2)=NO1. The van der Waals surface area contributed by atoms with E-state index in [1.54, 1.807) is 7.11 Å². The molecule has 0 amide bonds. The van der Waals surface area contributed by atoms with Gasteiger partial charge in [-0.1, -0.05) is 67.4 Å². The zero-order valence-corrected chi connectivity index (χ0v) is 16.8. The van der Waals surface area contributed by atoms with E-state index >= 15 is 0 Å². The molecule has 4 nitrogen and oxygen atoms in total. The minimum atomic E-state index is 0.231. The number of unbranched alkanes of at least 4 members (excludes halogenated alkanes) is 2. The van der Waals surface area contributed by atoms with Gasteiger partial charge in [0.25, 0.3) is 0 Å². The Morgan fingerprint density at radius 3 is 2.71 bits per heavy atom. The molecule has 3 rings (SSSR count). The Kier molecular flexibility index (Phi) is 7.53. The van der Waals surface area contributed by atoms with E-state index in [1.807, 2.05) is 60.7 Å². The molecule has 1 unspecified atom stereocenters. The van der Waals surface area contributed by atoms with Crippen LogP contribution in [0.15, 0.2) is 59.8 Å². The lowest BCUT2D eigenvalue weighted by atomic mass is 10.1. The first-order chi connectivity index (χ1) is 13.8. The molecular formula is C24H29NO3. The third-order valence-electron chi connectivity index (χ3n) is 4.78. The highest BCUT2D eigenvalue weighted by atomic mass is 16.6. The number of hydrogen-bond acceptors (Lipinski definition) is 4. The fourth-order valence-electron chi connectivity index (χ4n) is 3.16. The van der Waals surface area contributed by atoms with Gasteiger partial charge in [-0.3, -0.25) is 0 Å². The molecule has 1 aliphatic rings. The van der Waals surface area contributed by atoms with E-state index in [1.165, 1.54) is 19.3 Å². The lowest BCUT2D eigenvalue weighted by Gasteiger charge is -2.11. The summed E-state index contributed by atoms with van der Waals surface area (Å²) in [6.07, 6.45) is 9.95. The highest BCUT2D eigenvalue weighted by Gasteiger charge is 2.18. The van der Waals surface area contributed by atoms with Gasteiger partial charge >= 0.3 is 0 Å². The average Bonchev–Trinajstić information content (AvgIpc) is 3.19. The van der Waals surface area contributed by atoms with Gasteiger partial charge in [0.15, 0.2) is 11.5 Å². The quantitative estimate of drug-likeness (QED) is 0.474. The molecule has 28 heavy (non-hydrogen) atoms. The van der Waals surface area contributed by atoms with Gasteiger partial charge in [-0.2, -0.15) is 0 Å². The number of benzene rings is 2. The van der Waals surface area contributed by atoms with Crippen LogP contribution >= 0.6 is 0 Å². The number of methoxy groups -OCH3 is 1. The monoisotopic (exact) mass is 379 g/mol. The number of oxime groups is 1. The molecule has 1 atom stereocenters. The maximum absolute atomic E-state index is 5.91. The first-order valence-corrected chi connectivity index (χ1v) is 10.0. The molecule has 0 radical (unpaired) electrons. The molecule has 148 valence electrons. The summed E-state index contributed by atoms with van der Waals surface area (Å²) in [5.74, 6) is 1.46. The Bertz CT molecular complexity index is 799. The molecule has 1 aliphatic heterocycles. The van der Waals surface area contributed by atoms with E-state index in [9.17, 15) is 0 Å². The van der Waals surface area contributed by atoms with Crippen molar-refractivity contribution in [3.63, 3.8) is 0 Å². The number of ether oxygens (including phenoxy) is 2. The van der Waals surface area contributed by atoms with Crippen LogP contribution in [0.2, 0.25) is 0 Å². The number of hydrogen-bond donors (Lipinski definition) is 0. The molecule has 0 saturated heterocycles. The summed E-state index contributed by atoms with van der Waals surface area (Å²) in [7, 11) is 1.66. The van der Waals surface area contributed by atoms with Crippen molar-refractivity contribution in [3.8, 4) is 11.5 Å². The molecule has 2 aromatic rings. The minimum Gasteiger partial charge on any atom is -0.493 e. The lowest BCUT2D eigenvalue weighted by Crippen LogP contribution is -2.06. The summed E-state index contributed by atoms with van der Waals surface area (Å²) < 4.78 is 11.4. The van der Waals surface area contributed by atoms with E-state index in [2.05, 4.69) is 12.1 Å². The van der Waals surface area contributed by atoms with Crippen molar-refractivity contribution in [3.05, 3.63) is 65.7 Å². The highest BCUT2D eigenvalue weighted by Crippen LogP contribution is 2.29. The van der Waals surface area contributed by atoms with Gasteiger partial charge < -0.3 is 14.3 Å². The first-order valence-electron chi connectivity index (χ1n) is 10.0. The van der Waals surface area contributed by atoms with Gasteiger partial charge in [0, 0.05) is 6.42 Å². The van der Waals surface area contributed by atoms with Crippen LogP contribution in [-0.4, -0.2) is 18.9 Å². The highest BCUT2D eigenvalue weighted by molar-refractivity contribution is 5.98. The topological polar surface area (TPSA) is 40.0 Å². The van der Waals surface area contributed by atoms with Crippen LogP contribution in [0.5, 0.6) is 11.5 Å². The summed E-state index contributed by atoms with van der Waals surface area (Å²) in [4.78, 5) is 5.53. The summed E-state index contributed by atoms with van der Waals surface area (Å²) in [5, 5.41) is 4.21. The van der Waals surface area contributed by atoms with E-state index in [-0.39, 0.29) is 6.10 Å². The lowest BCUT2D eigenvalue weighted by molar-refractivity contribution is 0.0771. The third kappa shape index (κ3) is 5.88. The van der Waals surface area contributed by atoms with Crippen LogP contribution in [0.25, 0.3) is 6.08 Å². The predicted molar refractivity (Wildman–Crippen MR) is 114 cm³/mol. The van der Waals surface area contributed by atoms with Crippen LogP contribution in [0.3, 0.4) is 0 Å². The average molecular weight is 380 g/mol. The summed E-state index contributed by atoms with van der Waals surface area (Å²) in [6.45, 7) is 2.73. The van der Waals surface area contributed by atoms with Crippen molar-refractivity contribution in [1.29, 1.82) is 0 Å². The molecular weight excluding hydrogens is 350 g/mol. The molecule has 0 bridgehead atoms. The number of rotatable bonds is 10. The Labute approximate surface area is 167 Å². The van der Waals surface area contributed by atoms with Crippen LogP contribution in [0, 0.1) is 0 Å². The van der Waals surface area contributed by atoms with Crippen molar-refractivity contribution in [2.24, 2.45) is 5.16 Å². The van der Waals surface area contributed by atoms with Crippen molar-refractivity contribution >= 4 is 11.8 Å². The van der Waals surface area contributed by atoms with Gasteiger partial charge in [0.05, 0.1) is 12.8 Å². The van der Waals surface area contributed by atoms with Gasteiger partial charge in [0.2, 0.25) is 0 Å². The molecule has 0 saturated carbocycles. The first kappa shape index (κ1) is 20.0. The standard InChI is InChI=1S/C24H29NO3/c1-3-4-6-11-22-17-21(25-28-22)14-12-19-13-15-23(24(16-19)26-2)27-18-20-9-7-5-8-10-20/h5,7-10,12-16,22H,3-4,6,11,17-18H2,1-2H3/b14-12+. The minimum absolute atomic E-state index is 0.231. The van der Waals surface area contributed by atoms with Crippen LogP contribution in [-0.2, 0) is 11.4 Å². The van der Waals surface area contributed by atoms with Crippen molar-refractivity contribution in [2.45, 2.75) is 51.7 Å². The van der Waals surface area contributed by atoms with Crippen LogP contribution in [0.1, 0.15) is 50.2 Å². The second kappa shape index (κ2) is 10.5. The Morgan fingerprint density at radius 2 is 1.93 bits per heavy atom. The Hall–Kier alpha value is -2.75. The second-order valence-corrected chi connectivity index (χ2v) is 7.03. The summed E-state index contributed by atoms with van der Waals surface area (Å²) >= 11 is 0.